The minimum Gasteiger partial charge on any atom is -0.337 e. The van der Waals surface area contributed by atoms with Crippen LogP contribution in [-0.4, -0.2) is 32.5 Å². The molecule has 0 fully saturated rings. The molecule has 0 aliphatic heterocycles. The van der Waals surface area contributed by atoms with Crippen LogP contribution in [0.25, 0.3) is 10.8 Å². The fourth-order valence-corrected chi connectivity index (χ4v) is 3.82. The maximum atomic E-state index is 12.7. The van der Waals surface area contributed by atoms with E-state index in [2.05, 4.69) is 18.2 Å². The molecule has 4 nitrogen and oxygen atoms in total. The van der Waals surface area contributed by atoms with E-state index in [0.717, 1.165) is 16.3 Å². The first-order valence-electron chi connectivity index (χ1n) is 8.32. The Labute approximate surface area is 154 Å². The average Bonchev–Trinajstić information content (AvgIpc) is 2.61. The highest BCUT2D eigenvalue weighted by Gasteiger charge is 2.14. The van der Waals surface area contributed by atoms with Gasteiger partial charge in [-0.15, -0.1) is 0 Å². The molecule has 3 aromatic rings. The second kappa shape index (κ2) is 7.30. The van der Waals surface area contributed by atoms with Gasteiger partial charge < -0.3 is 4.90 Å². The van der Waals surface area contributed by atoms with Crippen molar-refractivity contribution in [2.75, 3.05) is 13.3 Å². The molecular formula is C21H21NO3S. The summed E-state index contributed by atoms with van der Waals surface area (Å²) in [5, 5.41) is 2.29. The van der Waals surface area contributed by atoms with Crippen molar-refractivity contribution in [2.45, 2.75) is 12.3 Å². The summed E-state index contributed by atoms with van der Waals surface area (Å²) < 4.78 is 22.7. The fraction of sp³-hybridized carbons (Fsp3) is 0.190. The Bertz CT molecular complexity index is 1040. The number of sulfone groups is 1. The highest BCUT2D eigenvalue weighted by molar-refractivity contribution is 7.89. The van der Waals surface area contributed by atoms with E-state index in [-0.39, 0.29) is 11.7 Å². The Balaban J connectivity index is 1.77. The predicted molar refractivity (Wildman–Crippen MR) is 105 cm³/mol. The molecular weight excluding hydrogens is 346 g/mol. The van der Waals surface area contributed by atoms with Crippen molar-refractivity contribution in [1.29, 1.82) is 0 Å². The molecule has 26 heavy (non-hydrogen) atoms. The molecule has 0 unspecified atom stereocenters. The first-order chi connectivity index (χ1) is 12.3. The zero-order valence-corrected chi connectivity index (χ0v) is 15.7. The minimum absolute atomic E-state index is 0.0205. The van der Waals surface area contributed by atoms with Crippen LogP contribution in [0, 0.1) is 0 Å². The topological polar surface area (TPSA) is 54.5 Å². The van der Waals surface area contributed by atoms with Crippen LogP contribution in [0.15, 0.2) is 66.7 Å². The van der Waals surface area contributed by atoms with Gasteiger partial charge in [0.15, 0.2) is 9.84 Å². The second-order valence-electron chi connectivity index (χ2n) is 6.57. The molecule has 0 bridgehead atoms. The number of hydrogen-bond donors (Lipinski definition) is 0. The average molecular weight is 367 g/mol. The molecule has 0 aliphatic carbocycles. The number of rotatable bonds is 5. The molecule has 0 heterocycles. The van der Waals surface area contributed by atoms with Gasteiger partial charge in [0.25, 0.3) is 5.91 Å². The van der Waals surface area contributed by atoms with E-state index in [1.165, 1.54) is 6.26 Å². The number of nitrogens with zero attached hydrogens (tertiary/aromatic N) is 1. The highest BCUT2D eigenvalue weighted by atomic mass is 32.2. The lowest BCUT2D eigenvalue weighted by molar-refractivity contribution is 0.0785. The van der Waals surface area contributed by atoms with Gasteiger partial charge in [-0.25, -0.2) is 8.42 Å². The third-order valence-electron chi connectivity index (χ3n) is 4.26. The largest absolute Gasteiger partial charge is 0.337 e. The summed E-state index contributed by atoms with van der Waals surface area (Å²) in [5.74, 6) is -0.114. The van der Waals surface area contributed by atoms with Crippen molar-refractivity contribution in [1.82, 2.24) is 4.90 Å². The quantitative estimate of drug-likeness (QED) is 0.692. The zero-order valence-electron chi connectivity index (χ0n) is 14.8. The monoisotopic (exact) mass is 367 g/mol. The van der Waals surface area contributed by atoms with Crippen LogP contribution in [0.5, 0.6) is 0 Å². The molecule has 0 saturated heterocycles. The summed E-state index contributed by atoms with van der Waals surface area (Å²) in [5.41, 5.74) is 2.32. The number of benzene rings is 3. The van der Waals surface area contributed by atoms with Crippen LogP contribution in [0.2, 0.25) is 0 Å². The number of amides is 1. The van der Waals surface area contributed by atoms with Gasteiger partial charge >= 0.3 is 0 Å². The summed E-state index contributed by atoms with van der Waals surface area (Å²) >= 11 is 0. The van der Waals surface area contributed by atoms with Gasteiger partial charge in [-0.05, 0) is 34.0 Å². The van der Waals surface area contributed by atoms with Crippen LogP contribution in [0.4, 0.5) is 0 Å². The maximum Gasteiger partial charge on any atom is 0.253 e. The zero-order chi connectivity index (χ0) is 18.7. The smallest absolute Gasteiger partial charge is 0.253 e. The third kappa shape index (κ3) is 4.29. The van der Waals surface area contributed by atoms with Gasteiger partial charge in [0.05, 0.1) is 5.75 Å². The molecule has 0 aliphatic rings. The van der Waals surface area contributed by atoms with E-state index < -0.39 is 9.84 Å². The van der Waals surface area contributed by atoms with Crippen molar-refractivity contribution in [3.05, 3.63) is 83.4 Å². The molecule has 0 N–H and O–H groups in total. The lowest BCUT2D eigenvalue weighted by atomic mass is 10.0. The molecule has 1 amide bonds. The maximum absolute atomic E-state index is 12.7. The summed E-state index contributed by atoms with van der Waals surface area (Å²) in [7, 11) is -1.31. The van der Waals surface area contributed by atoms with Gasteiger partial charge in [0.2, 0.25) is 0 Å². The Kier molecular flexibility index (Phi) is 5.09. The number of carbonyl (C=O) groups is 1. The van der Waals surface area contributed by atoms with Gasteiger partial charge in [0, 0.05) is 25.4 Å². The van der Waals surface area contributed by atoms with Crippen LogP contribution >= 0.6 is 0 Å². The summed E-state index contributed by atoms with van der Waals surface area (Å²) in [6.45, 7) is 0.505. The second-order valence-corrected chi connectivity index (χ2v) is 8.71. The van der Waals surface area contributed by atoms with Gasteiger partial charge in [-0.2, -0.15) is 0 Å². The minimum atomic E-state index is -3.08. The van der Waals surface area contributed by atoms with Crippen LogP contribution in [0.3, 0.4) is 0 Å². The van der Waals surface area contributed by atoms with Gasteiger partial charge in [-0.1, -0.05) is 54.6 Å². The molecule has 0 spiro atoms. The Morgan fingerprint density at radius 3 is 2.27 bits per heavy atom. The Morgan fingerprint density at radius 2 is 1.58 bits per heavy atom. The molecule has 0 aromatic heterocycles. The SMILES string of the molecule is CN(Cc1cccc2ccccc12)C(=O)c1ccc(CS(C)(=O)=O)cc1. The van der Waals surface area contributed by atoms with Crippen LogP contribution in [-0.2, 0) is 22.1 Å². The van der Waals surface area contributed by atoms with E-state index in [9.17, 15) is 13.2 Å². The normalized spacial score (nSPS) is 11.5. The summed E-state index contributed by atoms with van der Waals surface area (Å²) in [6, 6.07) is 20.9. The Morgan fingerprint density at radius 1 is 0.923 bits per heavy atom. The number of fused-ring (bicyclic) bond motifs is 1. The highest BCUT2D eigenvalue weighted by Crippen LogP contribution is 2.20. The van der Waals surface area contributed by atoms with Crippen molar-refractivity contribution in [3.8, 4) is 0 Å². The van der Waals surface area contributed by atoms with Crippen LogP contribution in [0.1, 0.15) is 21.5 Å². The van der Waals surface area contributed by atoms with Crippen molar-refractivity contribution in [2.24, 2.45) is 0 Å². The standard InChI is InChI=1S/C21H21NO3S/c1-22(14-19-8-5-7-17-6-3-4-9-20(17)19)21(23)18-12-10-16(11-13-18)15-26(2,24)25/h3-13H,14-15H2,1-2H3. The van der Waals surface area contributed by atoms with E-state index in [1.54, 1.807) is 36.2 Å². The molecule has 0 saturated carbocycles. The molecule has 3 aromatic carbocycles. The van der Waals surface area contributed by atoms with Crippen LogP contribution < -0.4 is 0 Å². The fourth-order valence-electron chi connectivity index (χ4n) is 3.02. The summed E-state index contributed by atoms with van der Waals surface area (Å²) in [6.07, 6.45) is 1.20. The molecule has 0 atom stereocenters. The third-order valence-corrected chi connectivity index (χ3v) is 5.12. The van der Waals surface area contributed by atoms with Crippen molar-refractivity contribution >= 4 is 26.5 Å². The molecule has 3 rings (SSSR count). The Hall–Kier alpha value is -2.66. The van der Waals surface area contributed by atoms with Crippen molar-refractivity contribution in [3.63, 3.8) is 0 Å². The van der Waals surface area contributed by atoms with E-state index in [1.807, 2.05) is 24.3 Å². The van der Waals surface area contributed by atoms with E-state index in [4.69, 9.17) is 0 Å². The number of hydrogen-bond acceptors (Lipinski definition) is 3. The van der Waals surface area contributed by atoms with Crippen molar-refractivity contribution < 1.29 is 13.2 Å². The first-order valence-corrected chi connectivity index (χ1v) is 10.4. The van der Waals surface area contributed by atoms with E-state index in [0.29, 0.717) is 17.7 Å². The van der Waals surface area contributed by atoms with E-state index >= 15 is 0 Å². The first kappa shape index (κ1) is 18.1. The predicted octanol–water partition coefficient (Wildman–Crippen LogP) is 3.66. The molecule has 0 radical (unpaired) electrons. The molecule has 134 valence electrons. The number of carbonyl (C=O) groups excluding carboxylic acids is 1. The lowest BCUT2D eigenvalue weighted by Crippen LogP contribution is -2.26. The molecule has 5 heteroatoms. The van der Waals surface area contributed by atoms with Gasteiger partial charge in [-0.3, -0.25) is 4.79 Å². The summed E-state index contributed by atoms with van der Waals surface area (Å²) in [4.78, 5) is 14.4. The lowest BCUT2D eigenvalue weighted by Gasteiger charge is -2.19. The van der Waals surface area contributed by atoms with Gasteiger partial charge in [0.1, 0.15) is 0 Å².